The van der Waals surface area contributed by atoms with E-state index >= 15 is 0 Å². The first-order valence-corrected chi connectivity index (χ1v) is 3.60. The molecule has 0 aromatic carbocycles. The predicted molar refractivity (Wildman–Crippen MR) is 34.4 cm³/mol. The maximum Gasteiger partial charge on any atom is 0.522 e. The zero-order valence-electron chi connectivity index (χ0n) is 6.27. The van der Waals surface area contributed by atoms with Gasteiger partial charge in [-0.15, -0.1) is 13.2 Å². The van der Waals surface area contributed by atoms with Crippen LogP contribution in [0.3, 0.4) is 0 Å². The molecule has 0 aromatic heterocycles. The van der Waals surface area contributed by atoms with Gasteiger partial charge in [0.1, 0.15) is 0 Å². The van der Waals surface area contributed by atoms with Crippen LogP contribution in [0.15, 0.2) is 0 Å². The molecule has 0 bridgehead atoms. The van der Waals surface area contributed by atoms with Crippen molar-refractivity contribution in [3.8, 4) is 0 Å². The topological polar surface area (TPSA) is 41.5 Å². The van der Waals surface area contributed by atoms with Crippen LogP contribution in [0.4, 0.5) is 13.2 Å². The number of aliphatic hydroxyl groups excluding tert-OH is 1. The van der Waals surface area contributed by atoms with E-state index in [4.69, 9.17) is 5.11 Å². The second kappa shape index (κ2) is 3.59. The lowest BCUT2D eigenvalue weighted by Crippen LogP contribution is -2.26. The highest BCUT2D eigenvalue weighted by atomic mass is 19.4. The molecule has 6 heteroatoms. The van der Waals surface area contributed by atoms with Crippen molar-refractivity contribution in [3.05, 3.63) is 0 Å². The van der Waals surface area contributed by atoms with Crippen molar-refractivity contribution < 1.29 is 23.0 Å². The van der Waals surface area contributed by atoms with Crippen molar-refractivity contribution in [2.45, 2.75) is 24.9 Å². The predicted octanol–water partition coefficient (Wildman–Crippen LogP) is 0.246. The minimum Gasteiger partial charge on any atom is -0.395 e. The molecule has 12 heavy (non-hydrogen) atoms. The molecule has 0 radical (unpaired) electrons. The molecule has 1 rings (SSSR count). The molecular formula is C6H10F3NO2. The van der Waals surface area contributed by atoms with E-state index in [1.54, 1.807) is 0 Å². The fourth-order valence-corrected chi connectivity index (χ4v) is 1.20. The molecule has 1 aliphatic heterocycles. The average molecular weight is 185 g/mol. The number of nitrogens with one attached hydrogen (secondary N) is 1. The number of ether oxygens (including phenoxy) is 1. The summed E-state index contributed by atoms with van der Waals surface area (Å²) in [6, 6.07) is -0.266. The highest BCUT2D eigenvalue weighted by Gasteiger charge is 2.36. The molecule has 0 spiro atoms. The molecule has 3 nitrogen and oxygen atoms in total. The summed E-state index contributed by atoms with van der Waals surface area (Å²) in [6.45, 7) is -0.0115. The highest BCUT2D eigenvalue weighted by molar-refractivity contribution is 4.81. The van der Waals surface area contributed by atoms with Gasteiger partial charge in [-0.2, -0.15) is 0 Å². The van der Waals surface area contributed by atoms with Crippen molar-refractivity contribution in [2.24, 2.45) is 0 Å². The van der Waals surface area contributed by atoms with E-state index in [1.807, 2.05) is 0 Å². The van der Waals surface area contributed by atoms with Gasteiger partial charge in [0.05, 0.1) is 12.7 Å². The molecule has 72 valence electrons. The van der Waals surface area contributed by atoms with E-state index in [-0.39, 0.29) is 25.6 Å². The van der Waals surface area contributed by atoms with Crippen LogP contribution in [0, 0.1) is 0 Å². The number of rotatable bonds is 2. The van der Waals surface area contributed by atoms with Crippen molar-refractivity contribution >= 4 is 0 Å². The largest absolute Gasteiger partial charge is 0.522 e. The van der Waals surface area contributed by atoms with Crippen LogP contribution >= 0.6 is 0 Å². The summed E-state index contributed by atoms with van der Waals surface area (Å²) in [6.07, 6.45) is -5.23. The van der Waals surface area contributed by atoms with Gasteiger partial charge in [-0.05, 0) is 6.42 Å². The van der Waals surface area contributed by atoms with Crippen LogP contribution in [-0.2, 0) is 4.74 Å². The molecule has 0 saturated carbocycles. The number of hydrogen-bond acceptors (Lipinski definition) is 3. The lowest BCUT2D eigenvalue weighted by Gasteiger charge is -2.12. The Balaban J connectivity index is 2.28. The van der Waals surface area contributed by atoms with Crippen LogP contribution in [0.5, 0.6) is 0 Å². The maximum atomic E-state index is 11.6. The molecule has 0 amide bonds. The second-order valence-corrected chi connectivity index (χ2v) is 2.71. The van der Waals surface area contributed by atoms with Crippen LogP contribution in [0.1, 0.15) is 6.42 Å². The van der Waals surface area contributed by atoms with E-state index < -0.39 is 12.5 Å². The Bertz CT molecular complexity index is 150. The summed E-state index contributed by atoms with van der Waals surface area (Å²) in [5.74, 6) is 0. The average Bonchev–Trinajstić information content (AvgIpc) is 2.32. The molecule has 2 N–H and O–H groups in total. The van der Waals surface area contributed by atoms with Gasteiger partial charge in [-0.25, -0.2) is 0 Å². The van der Waals surface area contributed by atoms with E-state index in [1.165, 1.54) is 0 Å². The van der Waals surface area contributed by atoms with Gasteiger partial charge in [-0.1, -0.05) is 0 Å². The van der Waals surface area contributed by atoms with Gasteiger partial charge in [0.15, 0.2) is 0 Å². The molecule has 0 unspecified atom stereocenters. The molecular weight excluding hydrogens is 175 g/mol. The van der Waals surface area contributed by atoms with Crippen molar-refractivity contribution in [1.82, 2.24) is 5.32 Å². The maximum absolute atomic E-state index is 11.6. The third kappa shape index (κ3) is 2.96. The third-order valence-corrected chi connectivity index (χ3v) is 1.70. The van der Waals surface area contributed by atoms with Crippen LogP contribution < -0.4 is 5.32 Å². The standard InChI is InChI=1S/C6H10F3NO2/c7-6(8,9)12-5-1-4(3-11)10-2-5/h4-5,10-11H,1-3H2/t4-,5-/m0/s1. The lowest BCUT2D eigenvalue weighted by molar-refractivity contribution is -0.340. The summed E-state index contributed by atoms with van der Waals surface area (Å²) >= 11 is 0. The van der Waals surface area contributed by atoms with Crippen LogP contribution in [-0.4, -0.2) is 36.8 Å². The quantitative estimate of drug-likeness (QED) is 0.647. The number of aliphatic hydroxyl groups is 1. The molecule has 1 saturated heterocycles. The Labute approximate surface area is 67.5 Å². The summed E-state index contributed by atoms with van der Waals surface area (Å²) < 4.78 is 38.6. The van der Waals surface area contributed by atoms with Crippen LogP contribution in [0.2, 0.25) is 0 Å². The van der Waals surface area contributed by atoms with E-state index in [0.29, 0.717) is 0 Å². The van der Waals surface area contributed by atoms with Gasteiger partial charge in [0, 0.05) is 12.6 Å². The van der Waals surface area contributed by atoms with E-state index in [9.17, 15) is 13.2 Å². The summed E-state index contributed by atoms with van der Waals surface area (Å²) in [4.78, 5) is 0. The zero-order valence-corrected chi connectivity index (χ0v) is 6.27. The molecule has 0 aromatic rings. The number of hydrogen-bond donors (Lipinski definition) is 2. The van der Waals surface area contributed by atoms with Gasteiger partial charge in [0.2, 0.25) is 0 Å². The molecule has 1 heterocycles. The minimum absolute atomic E-state index is 0.144. The summed E-state index contributed by atoms with van der Waals surface area (Å²) in [5.41, 5.74) is 0. The van der Waals surface area contributed by atoms with Crippen LogP contribution in [0.25, 0.3) is 0 Å². The van der Waals surface area contributed by atoms with Gasteiger partial charge in [-0.3, -0.25) is 4.74 Å². The summed E-state index contributed by atoms with van der Waals surface area (Å²) in [5, 5.41) is 11.3. The Morgan fingerprint density at radius 1 is 1.50 bits per heavy atom. The fraction of sp³-hybridized carbons (Fsp3) is 1.00. The van der Waals surface area contributed by atoms with Crippen molar-refractivity contribution in [2.75, 3.05) is 13.2 Å². The smallest absolute Gasteiger partial charge is 0.395 e. The SMILES string of the molecule is OC[C@@H]1C[C@H](OC(F)(F)F)CN1. The zero-order chi connectivity index (χ0) is 9.19. The Morgan fingerprint density at radius 2 is 2.17 bits per heavy atom. The number of alkyl halides is 3. The Morgan fingerprint density at radius 3 is 2.58 bits per heavy atom. The monoisotopic (exact) mass is 185 g/mol. The fourth-order valence-electron chi connectivity index (χ4n) is 1.20. The lowest BCUT2D eigenvalue weighted by atomic mass is 10.2. The minimum atomic E-state index is -4.57. The third-order valence-electron chi connectivity index (χ3n) is 1.70. The first-order valence-electron chi connectivity index (χ1n) is 3.60. The normalized spacial score (nSPS) is 31.0. The van der Waals surface area contributed by atoms with E-state index in [2.05, 4.69) is 10.1 Å². The number of halogens is 3. The second-order valence-electron chi connectivity index (χ2n) is 2.71. The van der Waals surface area contributed by atoms with E-state index in [0.717, 1.165) is 0 Å². The Kier molecular flexibility index (Phi) is 2.92. The first kappa shape index (κ1) is 9.76. The summed E-state index contributed by atoms with van der Waals surface area (Å²) in [7, 11) is 0. The van der Waals surface area contributed by atoms with Crippen molar-refractivity contribution in [3.63, 3.8) is 0 Å². The molecule has 1 aliphatic rings. The first-order chi connectivity index (χ1) is 5.51. The van der Waals surface area contributed by atoms with Gasteiger partial charge in [0.25, 0.3) is 0 Å². The molecule has 2 atom stereocenters. The molecule has 1 fully saturated rings. The van der Waals surface area contributed by atoms with Gasteiger partial charge < -0.3 is 10.4 Å². The highest BCUT2D eigenvalue weighted by Crippen LogP contribution is 2.22. The Hall–Kier alpha value is -0.330. The van der Waals surface area contributed by atoms with Gasteiger partial charge >= 0.3 is 6.36 Å². The molecule has 0 aliphatic carbocycles. The van der Waals surface area contributed by atoms with Crippen molar-refractivity contribution in [1.29, 1.82) is 0 Å².